The summed E-state index contributed by atoms with van der Waals surface area (Å²) in [5, 5.41) is 4.42. The highest BCUT2D eigenvalue weighted by Gasteiger charge is 2.24. The van der Waals surface area contributed by atoms with Gasteiger partial charge in [-0.2, -0.15) is 5.10 Å². The van der Waals surface area contributed by atoms with Crippen molar-refractivity contribution in [1.82, 2.24) is 9.78 Å². The van der Waals surface area contributed by atoms with E-state index in [4.69, 9.17) is 5.73 Å². The fourth-order valence-electron chi connectivity index (χ4n) is 2.24. The van der Waals surface area contributed by atoms with Crippen molar-refractivity contribution < 1.29 is 0 Å². The molecule has 16 heavy (non-hydrogen) atoms. The van der Waals surface area contributed by atoms with Gasteiger partial charge in [0.05, 0.1) is 17.6 Å². The molecule has 0 spiro atoms. The Balaban J connectivity index is 2.14. The van der Waals surface area contributed by atoms with Gasteiger partial charge in [-0.15, -0.1) is 0 Å². The molecule has 1 aliphatic carbocycles. The molecule has 2 aromatic rings. The number of benzene rings is 1. The van der Waals surface area contributed by atoms with Crippen LogP contribution in [0.2, 0.25) is 0 Å². The molecule has 4 heteroatoms. The molecule has 0 aliphatic heterocycles. The van der Waals surface area contributed by atoms with Crippen molar-refractivity contribution in [1.29, 1.82) is 0 Å². The van der Waals surface area contributed by atoms with Crippen LogP contribution in [0.1, 0.15) is 23.7 Å². The Bertz CT molecular complexity index is 533. The van der Waals surface area contributed by atoms with Crippen LogP contribution in [0.5, 0.6) is 0 Å². The Morgan fingerprint density at radius 3 is 3.12 bits per heavy atom. The van der Waals surface area contributed by atoms with E-state index in [1.165, 1.54) is 5.56 Å². The fourth-order valence-corrected chi connectivity index (χ4v) is 2.63. The third-order valence-electron chi connectivity index (χ3n) is 3.01. The Kier molecular flexibility index (Phi) is 2.33. The lowest BCUT2D eigenvalue weighted by atomic mass is 10.2. The molecule has 0 saturated heterocycles. The zero-order valence-electron chi connectivity index (χ0n) is 8.73. The van der Waals surface area contributed by atoms with Crippen molar-refractivity contribution in [3.05, 3.63) is 46.2 Å². The summed E-state index contributed by atoms with van der Waals surface area (Å²) in [6.45, 7) is 0. The van der Waals surface area contributed by atoms with Crippen LogP contribution in [0.3, 0.4) is 0 Å². The first-order valence-corrected chi connectivity index (χ1v) is 6.13. The molecule has 1 atom stereocenters. The highest BCUT2D eigenvalue weighted by Crippen LogP contribution is 2.31. The molecule has 0 amide bonds. The third-order valence-corrected chi connectivity index (χ3v) is 3.51. The number of aromatic nitrogens is 2. The topological polar surface area (TPSA) is 43.8 Å². The minimum absolute atomic E-state index is 0.122. The first-order chi connectivity index (χ1) is 7.75. The van der Waals surface area contributed by atoms with E-state index in [0.717, 1.165) is 28.7 Å². The van der Waals surface area contributed by atoms with Gasteiger partial charge in [-0.25, -0.2) is 4.68 Å². The molecule has 0 bridgehead atoms. The van der Waals surface area contributed by atoms with Crippen molar-refractivity contribution >= 4 is 15.9 Å². The van der Waals surface area contributed by atoms with Gasteiger partial charge in [-0.3, -0.25) is 0 Å². The number of aryl methyl sites for hydroxylation is 1. The highest BCUT2D eigenvalue weighted by atomic mass is 79.9. The molecule has 1 heterocycles. The van der Waals surface area contributed by atoms with Gasteiger partial charge in [0.1, 0.15) is 0 Å². The average Bonchev–Trinajstić information content (AvgIpc) is 2.82. The minimum atomic E-state index is 0.122. The van der Waals surface area contributed by atoms with Crippen LogP contribution in [0.15, 0.2) is 34.9 Å². The quantitative estimate of drug-likeness (QED) is 0.871. The van der Waals surface area contributed by atoms with Gasteiger partial charge in [0, 0.05) is 10.5 Å². The summed E-state index contributed by atoms with van der Waals surface area (Å²) in [7, 11) is 0. The molecule has 82 valence electrons. The van der Waals surface area contributed by atoms with E-state index in [9.17, 15) is 0 Å². The molecular formula is C12H12BrN3. The number of nitrogens with two attached hydrogens (primary N) is 1. The van der Waals surface area contributed by atoms with Gasteiger partial charge >= 0.3 is 0 Å². The highest BCUT2D eigenvalue weighted by molar-refractivity contribution is 9.10. The standard InChI is InChI=1S/C12H12BrN3/c13-9-2-1-3-10(6-9)16-12-8(7-15-16)4-5-11(12)14/h1-3,6-7,11H,4-5,14H2. The maximum Gasteiger partial charge on any atom is 0.0660 e. The summed E-state index contributed by atoms with van der Waals surface area (Å²) >= 11 is 3.47. The Hall–Kier alpha value is -1.13. The van der Waals surface area contributed by atoms with Crippen molar-refractivity contribution in [3.8, 4) is 5.69 Å². The first-order valence-electron chi connectivity index (χ1n) is 5.34. The number of rotatable bonds is 1. The summed E-state index contributed by atoms with van der Waals surface area (Å²) in [4.78, 5) is 0. The van der Waals surface area contributed by atoms with Gasteiger partial charge in [-0.1, -0.05) is 22.0 Å². The van der Waals surface area contributed by atoms with Crippen molar-refractivity contribution in [2.45, 2.75) is 18.9 Å². The van der Waals surface area contributed by atoms with E-state index < -0.39 is 0 Å². The van der Waals surface area contributed by atoms with Crippen LogP contribution >= 0.6 is 15.9 Å². The molecule has 0 radical (unpaired) electrons. The summed E-state index contributed by atoms with van der Waals surface area (Å²) in [6.07, 6.45) is 4.01. The van der Waals surface area contributed by atoms with Crippen LogP contribution in [-0.2, 0) is 6.42 Å². The second kappa shape index (κ2) is 3.71. The van der Waals surface area contributed by atoms with E-state index in [1.807, 2.05) is 29.1 Å². The summed E-state index contributed by atoms with van der Waals surface area (Å²) in [5.41, 5.74) is 9.61. The van der Waals surface area contributed by atoms with Gasteiger partial charge in [0.2, 0.25) is 0 Å². The maximum absolute atomic E-state index is 6.09. The zero-order chi connectivity index (χ0) is 11.1. The summed E-state index contributed by atoms with van der Waals surface area (Å²) in [6, 6.07) is 8.24. The molecule has 3 rings (SSSR count). The van der Waals surface area contributed by atoms with Gasteiger partial charge < -0.3 is 5.73 Å². The van der Waals surface area contributed by atoms with Crippen LogP contribution in [0.25, 0.3) is 5.69 Å². The smallest absolute Gasteiger partial charge is 0.0660 e. The molecular weight excluding hydrogens is 266 g/mol. The fraction of sp³-hybridized carbons (Fsp3) is 0.250. The van der Waals surface area contributed by atoms with Crippen LogP contribution in [0, 0.1) is 0 Å². The van der Waals surface area contributed by atoms with Gasteiger partial charge in [0.25, 0.3) is 0 Å². The first kappa shape index (κ1) is 10.1. The van der Waals surface area contributed by atoms with Crippen molar-refractivity contribution in [3.63, 3.8) is 0 Å². The van der Waals surface area contributed by atoms with Crippen LogP contribution in [0.4, 0.5) is 0 Å². The molecule has 1 aliphatic rings. The van der Waals surface area contributed by atoms with Crippen molar-refractivity contribution in [2.24, 2.45) is 5.73 Å². The van der Waals surface area contributed by atoms with Crippen LogP contribution in [-0.4, -0.2) is 9.78 Å². The monoisotopic (exact) mass is 277 g/mol. The van der Waals surface area contributed by atoms with E-state index in [2.05, 4.69) is 27.1 Å². The largest absolute Gasteiger partial charge is 0.323 e. The van der Waals surface area contributed by atoms with E-state index in [-0.39, 0.29) is 6.04 Å². The Morgan fingerprint density at radius 2 is 2.31 bits per heavy atom. The maximum atomic E-state index is 6.09. The molecule has 1 aromatic heterocycles. The van der Waals surface area contributed by atoms with Gasteiger partial charge in [-0.05, 0) is 36.6 Å². The molecule has 0 fully saturated rings. The third kappa shape index (κ3) is 1.49. The average molecular weight is 278 g/mol. The summed E-state index contributed by atoms with van der Waals surface area (Å²) in [5.74, 6) is 0. The molecule has 0 saturated carbocycles. The second-order valence-electron chi connectivity index (χ2n) is 4.09. The van der Waals surface area contributed by atoms with E-state index in [1.54, 1.807) is 0 Å². The van der Waals surface area contributed by atoms with Crippen molar-refractivity contribution in [2.75, 3.05) is 0 Å². The molecule has 1 aromatic carbocycles. The van der Waals surface area contributed by atoms with E-state index in [0.29, 0.717) is 0 Å². The van der Waals surface area contributed by atoms with E-state index >= 15 is 0 Å². The predicted octanol–water partition coefficient (Wildman–Crippen LogP) is 2.58. The number of hydrogen-bond acceptors (Lipinski definition) is 2. The lowest BCUT2D eigenvalue weighted by Gasteiger charge is -2.10. The van der Waals surface area contributed by atoms with Gasteiger partial charge in [0.15, 0.2) is 0 Å². The Morgan fingerprint density at radius 1 is 1.44 bits per heavy atom. The minimum Gasteiger partial charge on any atom is -0.323 e. The lowest BCUT2D eigenvalue weighted by Crippen LogP contribution is -2.12. The normalized spacial score (nSPS) is 18.8. The molecule has 3 nitrogen and oxygen atoms in total. The number of halogens is 1. The SMILES string of the molecule is NC1CCc2cnn(-c3cccc(Br)c3)c21. The predicted molar refractivity (Wildman–Crippen MR) is 66.5 cm³/mol. The number of nitrogens with zero attached hydrogens (tertiary/aromatic N) is 2. The lowest BCUT2D eigenvalue weighted by molar-refractivity contribution is 0.653. The number of fused-ring (bicyclic) bond motifs is 1. The Labute approximate surface area is 102 Å². The molecule has 2 N–H and O–H groups in total. The second-order valence-corrected chi connectivity index (χ2v) is 5.01. The van der Waals surface area contributed by atoms with Crippen LogP contribution < -0.4 is 5.73 Å². The summed E-state index contributed by atoms with van der Waals surface area (Å²) < 4.78 is 3.01. The molecule has 1 unspecified atom stereocenters. The number of hydrogen-bond donors (Lipinski definition) is 1. The zero-order valence-corrected chi connectivity index (χ0v) is 10.3.